The Kier molecular flexibility index (Phi) is 9.84. The molecule has 0 aliphatic carbocycles. The number of nitrogens with zero attached hydrogens (tertiary/aromatic N) is 1. The average molecular weight is 491 g/mol. The van der Waals surface area contributed by atoms with Crippen molar-refractivity contribution < 1.29 is 18.3 Å². The number of methoxy groups -OCH3 is 1. The lowest BCUT2D eigenvalue weighted by atomic mass is 10.1. The van der Waals surface area contributed by atoms with E-state index in [1.165, 1.54) is 6.07 Å². The van der Waals surface area contributed by atoms with Crippen LogP contribution in [0, 0.1) is 11.6 Å². The first kappa shape index (κ1) is 22.9. The van der Waals surface area contributed by atoms with Gasteiger partial charge in [0.15, 0.2) is 17.5 Å². The number of guanidine groups is 1. The average Bonchev–Trinajstić information content (AvgIpc) is 2.64. The first-order chi connectivity index (χ1) is 12.6. The molecule has 148 valence electrons. The van der Waals surface area contributed by atoms with Crippen LogP contribution in [-0.4, -0.2) is 33.3 Å². The molecule has 0 unspecified atom stereocenters. The van der Waals surface area contributed by atoms with E-state index in [4.69, 9.17) is 9.47 Å². The zero-order valence-electron chi connectivity index (χ0n) is 15.5. The summed E-state index contributed by atoms with van der Waals surface area (Å²) in [6.07, 6.45) is 0.330. The van der Waals surface area contributed by atoms with Gasteiger partial charge in [0.1, 0.15) is 11.6 Å². The zero-order valence-corrected chi connectivity index (χ0v) is 17.8. The summed E-state index contributed by atoms with van der Waals surface area (Å²) in [6.45, 7) is 2.84. The Hall–Kier alpha value is -2.10. The highest BCUT2D eigenvalue weighted by Gasteiger charge is 2.08. The largest absolute Gasteiger partial charge is 0.493 e. The molecule has 2 rings (SSSR count). The molecular weight excluding hydrogens is 467 g/mol. The molecule has 0 radical (unpaired) electrons. The second-order valence-electron chi connectivity index (χ2n) is 5.41. The molecule has 5 nitrogen and oxygen atoms in total. The summed E-state index contributed by atoms with van der Waals surface area (Å²) in [5, 5.41) is 6.19. The molecule has 0 saturated heterocycles. The van der Waals surface area contributed by atoms with Gasteiger partial charge in [0, 0.05) is 25.3 Å². The molecule has 0 saturated carbocycles. The van der Waals surface area contributed by atoms with Gasteiger partial charge in [-0.2, -0.15) is 0 Å². The van der Waals surface area contributed by atoms with Crippen LogP contribution >= 0.6 is 24.0 Å². The van der Waals surface area contributed by atoms with Gasteiger partial charge in [0.2, 0.25) is 0 Å². The topological polar surface area (TPSA) is 54.9 Å². The highest BCUT2D eigenvalue weighted by molar-refractivity contribution is 14.0. The summed E-state index contributed by atoms with van der Waals surface area (Å²) in [7, 11) is 3.20. The normalized spacial score (nSPS) is 10.8. The van der Waals surface area contributed by atoms with Gasteiger partial charge in [-0.15, -0.1) is 24.0 Å². The van der Waals surface area contributed by atoms with Crippen LogP contribution in [0.1, 0.15) is 12.5 Å². The van der Waals surface area contributed by atoms with Gasteiger partial charge in [-0.05, 0) is 49.2 Å². The maximum atomic E-state index is 13.6. The van der Waals surface area contributed by atoms with Gasteiger partial charge >= 0.3 is 0 Å². The number of anilines is 1. The van der Waals surface area contributed by atoms with Crippen LogP contribution in [0.5, 0.6) is 11.5 Å². The van der Waals surface area contributed by atoms with Crippen LogP contribution in [0.2, 0.25) is 0 Å². The van der Waals surface area contributed by atoms with Crippen molar-refractivity contribution in [1.82, 2.24) is 5.32 Å². The van der Waals surface area contributed by atoms with Gasteiger partial charge < -0.3 is 20.1 Å². The van der Waals surface area contributed by atoms with E-state index in [9.17, 15) is 8.78 Å². The molecule has 8 heteroatoms. The highest BCUT2D eigenvalue weighted by Crippen LogP contribution is 2.30. The van der Waals surface area contributed by atoms with Gasteiger partial charge in [-0.1, -0.05) is 0 Å². The smallest absolute Gasteiger partial charge is 0.195 e. The van der Waals surface area contributed by atoms with E-state index >= 15 is 0 Å². The molecule has 27 heavy (non-hydrogen) atoms. The van der Waals surface area contributed by atoms with E-state index in [-0.39, 0.29) is 24.0 Å². The number of ether oxygens (including phenoxy) is 2. The second-order valence-corrected chi connectivity index (χ2v) is 5.41. The van der Waals surface area contributed by atoms with Crippen molar-refractivity contribution >= 4 is 35.6 Å². The minimum absolute atomic E-state index is 0. The Morgan fingerprint density at radius 3 is 2.56 bits per heavy atom. The number of hydrogen-bond acceptors (Lipinski definition) is 3. The third kappa shape index (κ3) is 6.85. The lowest BCUT2D eigenvalue weighted by molar-refractivity contribution is 0.311. The minimum Gasteiger partial charge on any atom is -0.493 e. The Morgan fingerprint density at radius 2 is 1.89 bits per heavy atom. The van der Waals surface area contributed by atoms with E-state index in [1.807, 2.05) is 13.0 Å². The molecule has 0 aliphatic heterocycles. The fraction of sp³-hybridized carbons (Fsp3) is 0.316. The van der Waals surface area contributed by atoms with E-state index in [0.29, 0.717) is 42.6 Å². The highest BCUT2D eigenvalue weighted by atomic mass is 127. The van der Waals surface area contributed by atoms with Crippen LogP contribution in [-0.2, 0) is 6.42 Å². The van der Waals surface area contributed by atoms with Crippen molar-refractivity contribution in [2.24, 2.45) is 4.99 Å². The molecule has 0 amide bonds. The Balaban J connectivity index is 0.00000364. The van der Waals surface area contributed by atoms with Gasteiger partial charge in [0.25, 0.3) is 0 Å². The van der Waals surface area contributed by atoms with Crippen LogP contribution < -0.4 is 20.1 Å². The van der Waals surface area contributed by atoms with E-state index in [1.54, 1.807) is 26.3 Å². The molecule has 0 fully saturated rings. The third-order valence-electron chi connectivity index (χ3n) is 3.64. The number of nitrogens with one attached hydrogen (secondary N) is 2. The summed E-state index contributed by atoms with van der Waals surface area (Å²) in [5.74, 6) is 0.894. The first-order valence-electron chi connectivity index (χ1n) is 8.29. The summed E-state index contributed by atoms with van der Waals surface area (Å²) in [5.41, 5.74) is 1.08. The van der Waals surface area contributed by atoms with Crippen LogP contribution in [0.25, 0.3) is 0 Å². The fourth-order valence-electron chi connectivity index (χ4n) is 2.39. The number of aliphatic imine (C=N–C) groups is 1. The summed E-state index contributed by atoms with van der Waals surface area (Å²) in [6, 6.07) is 8.87. The lowest BCUT2D eigenvalue weighted by Gasteiger charge is -2.14. The lowest BCUT2D eigenvalue weighted by Crippen LogP contribution is -2.32. The Morgan fingerprint density at radius 1 is 1.11 bits per heavy atom. The van der Waals surface area contributed by atoms with Crippen molar-refractivity contribution in [2.45, 2.75) is 13.3 Å². The number of rotatable bonds is 7. The monoisotopic (exact) mass is 491 g/mol. The molecule has 2 aromatic carbocycles. The van der Waals surface area contributed by atoms with Crippen molar-refractivity contribution in [2.75, 3.05) is 32.6 Å². The maximum absolute atomic E-state index is 13.6. The quantitative estimate of drug-likeness (QED) is 0.346. The van der Waals surface area contributed by atoms with Crippen molar-refractivity contribution in [1.29, 1.82) is 0 Å². The second kappa shape index (κ2) is 11.6. The predicted octanol–water partition coefficient (Wildman–Crippen LogP) is 4.22. The summed E-state index contributed by atoms with van der Waals surface area (Å²) < 4.78 is 37.6. The van der Waals surface area contributed by atoms with Crippen molar-refractivity contribution in [3.63, 3.8) is 0 Å². The summed E-state index contributed by atoms with van der Waals surface area (Å²) >= 11 is 0. The molecule has 0 spiro atoms. The van der Waals surface area contributed by atoms with Crippen LogP contribution in [0.3, 0.4) is 0 Å². The minimum atomic E-state index is -0.453. The molecule has 0 atom stereocenters. The molecule has 2 N–H and O–H groups in total. The molecule has 0 aliphatic rings. The molecular formula is C19H24F2IN3O2. The van der Waals surface area contributed by atoms with Crippen molar-refractivity contribution in [3.8, 4) is 11.5 Å². The molecule has 0 aromatic heterocycles. The van der Waals surface area contributed by atoms with Gasteiger partial charge in [0.05, 0.1) is 13.7 Å². The Labute approximate surface area is 175 Å². The SMILES string of the molecule is CCOc1ccc(NC(=NC)NCCc2cc(F)ccc2F)cc1OC.I. The maximum Gasteiger partial charge on any atom is 0.195 e. The first-order valence-corrected chi connectivity index (χ1v) is 8.29. The van der Waals surface area contributed by atoms with E-state index < -0.39 is 11.6 Å². The predicted molar refractivity (Wildman–Crippen MR) is 115 cm³/mol. The third-order valence-corrected chi connectivity index (χ3v) is 3.64. The zero-order chi connectivity index (χ0) is 18.9. The van der Waals surface area contributed by atoms with Crippen LogP contribution in [0.4, 0.5) is 14.5 Å². The Bertz CT molecular complexity index is 773. The van der Waals surface area contributed by atoms with Crippen LogP contribution in [0.15, 0.2) is 41.4 Å². The van der Waals surface area contributed by atoms with E-state index in [0.717, 1.165) is 17.8 Å². The number of benzene rings is 2. The number of halogens is 3. The molecule has 0 bridgehead atoms. The van der Waals surface area contributed by atoms with E-state index in [2.05, 4.69) is 15.6 Å². The van der Waals surface area contributed by atoms with Crippen molar-refractivity contribution in [3.05, 3.63) is 53.6 Å². The summed E-state index contributed by atoms with van der Waals surface area (Å²) in [4.78, 5) is 4.12. The van der Waals surface area contributed by atoms with Gasteiger partial charge in [-0.3, -0.25) is 4.99 Å². The molecule has 0 heterocycles. The number of hydrogen-bond donors (Lipinski definition) is 2. The fourth-order valence-corrected chi connectivity index (χ4v) is 2.39. The standard InChI is InChI=1S/C19H23F2N3O2.HI/c1-4-26-17-8-6-15(12-18(17)25-3)24-19(22-2)23-10-9-13-11-14(20)5-7-16(13)21;/h5-8,11-12H,4,9-10H2,1-3H3,(H2,22,23,24);1H. The van der Waals surface area contributed by atoms with Gasteiger partial charge in [-0.25, -0.2) is 8.78 Å². The molecule has 2 aromatic rings.